The SMILES string of the molecule is COc1cc(/C=N/NC(=O)Cc2ccccc2[N+](=O)[O-])cc(Cl)c1OCC(=O)Nc1ccc(F)cc1. The van der Waals surface area contributed by atoms with E-state index in [-0.39, 0.29) is 40.8 Å². The molecule has 0 fully saturated rings. The number of hydrogen-bond donors (Lipinski definition) is 2. The lowest BCUT2D eigenvalue weighted by atomic mass is 10.1. The molecule has 3 aromatic rings. The molecule has 0 saturated carbocycles. The lowest BCUT2D eigenvalue weighted by molar-refractivity contribution is -0.385. The lowest BCUT2D eigenvalue weighted by Crippen LogP contribution is -2.20. The number of carbonyl (C=O) groups is 2. The highest BCUT2D eigenvalue weighted by Gasteiger charge is 2.16. The largest absolute Gasteiger partial charge is 0.493 e. The lowest BCUT2D eigenvalue weighted by Gasteiger charge is -2.13. The average molecular weight is 515 g/mol. The molecule has 0 unspecified atom stereocenters. The molecule has 2 N–H and O–H groups in total. The predicted octanol–water partition coefficient (Wildman–Crippen LogP) is 4.11. The highest BCUT2D eigenvalue weighted by atomic mass is 35.5. The van der Waals surface area contributed by atoms with Crippen molar-refractivity contribution < 1.29 is 28.4 Å². The molecule has 0 heterocycles. The summed E-state index contributed by atoms with van der Waals surface area (Å²) in [7, 11) is 1.38. The van der Waals surface area contributed by atoms with Crippen LogP contribution in [0.25, 0.3) is 0 Å². The summed E-state index contributed by atoms with van der Waals surface area (Å²) in [6.07, 6.45) is 1.07. The summed E-state index contributed by atoms with van der Waals surface area (Å²) in [6, 6.07) is 14.2. The first-order valence-corrected chi connectivity index (χ1v) is 10.7. The first-order valence-electron chi connectivity index (χ1n) is 10.4. The summed E-state index contributed by atoms with van der Waals surface area (Å²) in [5, 5.41) is 17.6. The van der Waals surface area contributed by atoms with E-state index in [0.29, 0.717) is 11.3 Å². The molecule has 0 spiro atoms. The van der Waals surface area contributed by atoms with Crippen molar-refractivity contribution in [2.24, 2.45) is 5.10 Å². The van der Waals surface area contributed by atoms with E-state index in [0.717, 1.165) is 0 Å². The maximum absolute atomic E-state index is 13.0. The van der Waals surface area contributed by atoms with Crippen LogP contribution in [0.5, 0.6) is 11.5 Å². The molecule has 3 rings (SSSR count). The summed E-state index contributed by atoms with van der Waals surface area (Å²) < 4.78 is 23.8. The molecular formula is C24H20ClFN4O6. The number of rotatable bonds is 10. The number of nitro benzene ring substituents is 1. The summed E-state index contributed by atoms with van der Waals surface area (Å²) in [6.45, 7) is -0.386. The summed E-state index contributed by atoms with van der Waals surface area (Å²) in [5.41, 5.74) is 3.25. The predicted molar refractivity (Wildman–Crippen MR) is 131 cm³/mol. The Morgan fingerprint density at radius 1 is 1.14 bits per heavy atom. The van der Waals surface area contributed by atoms with Gasteiger partial charge in [-0.05, 0) is 42.0 Å². The Balaban J connectivity index is 1.60. The van der Waals surface area contributed by atoms with Crippen molar-refractivity contribution in [1.29, 1.82) is 0 Å². The number of ether oxygens (including phenoxy) is 2. The Morgan fingerprint density at radius 3 is 2.56 bits per heavy atom. The number of nitrogens with one attached hydrogen (secondary N) is 2. The molecule has 0 atom stereocenters. The number of hydrazone groups is 1. The van der Waals surface area contributed by atoms with Gasteiger partial charge < -0.3 is 14.8 Å². The van der Waals surface area contributed by atoms with Crippen LogP contribution >= 0.6 is 11.6 Å². The maximum atomic E-state index is 13.0. The van der Waals surface area contributed by atoms with Gasteiger partial charge in [0.05, 0.1) is 29.7 Å². The van der Waals surface area contributed by atoms with Gasteiger partial charge >= 0.3 is 0 Å². The normalized spacial score (nSPS) is 10.6. The van der Waals surface area contributed by atoms with Crippen LogP contribution < -0.4 is 20.2 Å². The average Bonchev–Trinajstić information content (AvgIpc) is 2.84. The third kappa shape index (κ3) is 7.24. The van der Waals surface area contributed by atoms with Gasteiger partial charge in [0, 0.05) is 17.3 Å². The van der Waals surface area contributed by atoms with Crippen LogP contribution in [0, 0.1) is 15.9 Å². The van der Waals surface area contributed by atoms with Crippen molar-refractivity contribution >= 4 is 41.0 Å². The minimum atomic E-state index is -0.559. The Morgan fingerprint density at radius 2 is 1.86 bits per heavy atom. The van der Waals surface area contributed by atoms with Crippen molar-refractivity contribution in [2.75, 3.05) is 19.0 Å². The van der Waals surface area contributed by atoms with Gasteiger partial charge in [0.2, 0.25) is 5.91 Å². The van der Waals surface area contributed by atoms with Crippen molar-refractivity contribution in [3.63, 3.8) is 0 Å². The van der Waals surface area contributed by atoms with Crippen molar-refractivity contribution in [2.45, 2.75) is 6.42 Å². The summed E-state index contributed by atoms with van der Waals surface area (Å²) >= 11 is 6.28. The number of halogens is 2. The van der Waals surface area contributed by atoms with Gasteiger partial charge in [-0.2, -0.15) is 5.10 Å². The molecule has 0 saturated heterocycles. The molecule has 0 aliphatic heterocycles. The van der Waals surface area contributed by atoms with Gasteiger partial charge in [-0.1, -0.05) is 29.8 Å². The third-order valence-corrected chi connectivity index (χ3v) is 4.95. The molecule has 3 aromatic carbocycles. The monoisotopic (exact) mass is 514 g/mol. The second-order valence-electron chi connectivity index (χ2n) is 7.23. The van der Waals surface area contributed by atoms with Crippen LogP contribution in [0.1, 0.15) is 11.1 Å². The number of carbonyl (C=O) groups excluding carboxylic acids is 2. The van der Waals surface area contributed by atoms with E-state index < -0.39 is 22.6 Å². The third-order valence-electron chi connectivity index (χ3n) is 4.67. The number of nitro groups is 1. The zero-order valence-corrected chi connectivity index (χ0v) is 19.6. The quantitative estimate of drug-likeness (QED) is 0.238. The topological polar surface area (TPSA) is 132 Å². The highest BCUT2D eigenvalue weighted by molar-refractivity contribution is 6.32. The second kappa shape index (κ2) is 12.3. The molecule has 0 aliphatic rings. The Bertz CT molecular complexity index is 1300. The highest BCUT2D eigenvalue weighted by Crippen LogP contribution is 2.36. The van der Waals surface area contributed by atoms with Crippen LogP contribution in [0.4, 0.5) is 15.8 Å². The fraction of sp³-hybridized carbons (Fsp3) is 0.125. The van der Waals surface area contributed by atoms with Crippen LogP contribution in [0.15, 0.2) is 65.8 Å². The van der Waals surface area contributed by atoms with E-state index >= 15 is 0 Å². The standard InChI is InChI=1S/C24H20ClFN4O6/c1-35-21-11-15(13-27-29-22(31)12-16-4-2-3-5-20(16)30(33)34)10-19(25)24(21)36-14-23(32)28-18-8-6-17(26)7-9-18/h2-11,13H,12,14H2,1H3,(H,28,32)(H,29,31)/b27-13+. The number of nitrogens with zero attached hydrogens (tertiary/aromatic N) is 2. The Hall–Kier alpha value is -4.51. The van der Waals surface area contributed by atoms with Gasteiger partial charge in [-0.25, -0.2) is 9.82 Å². The minimum absolute atomic E-state index is 0.117. The molecule has 0 radical (unpaired) electrons. The first-order chi connectivity index (χ1) is 17.3. The van der Waals surface area contributed by atoms with E-state index in [4.69, 9.17) is 21.1 Å². The molecule has 10 nitrogen and oxygen atoms in total. The number of hydrogen-bond acceptors (Lipinski definition) is 7. The van der Waals surface area contributed by atoms with Gasteiger partial charge in [-0.3, -0.25) is 19.7 Å². The molecule has 0 aliphatic carbocycles. The summed E-state index contributed by atoms with van der Waals surface area (Å²) in [5.74, 6) is -1.14. The smallest absolute Gasteiger partial charge is 0.273 e. The number of anilines is 1. The van der Waals surface area contributed by atoms with Crippen LogP contribution in [-0.4, -0.2) is 36.7 Å². The molecule has 0 bridgehead atoms. The number of para-hydroxylation sites is 1. The Labute approximate surface area is 209 Å². The van der Waals surface area contributed by atoms with Gasteiger partial charge in [0.15, 0.2) is 18.1 Å². The zero-order valence-electron chi connectivity index (χ0n) is 18.9. The van der Waals surface area contributed by atoms with Gasteiger partial charge in [0.25, 0.3) is 11.6 Å². The maximum Gasteiger partial charge on any atom is 0.273 e. The van der Waals surface area contributed by atoms with Crippen molar-refractivity contribution in [1.82, 2.24) is 5.43 Å². The number of benzene rings is 3. The molecule has 36 heavy (non-hydrogen) atoms. The fourth-order valence-electron chi connectivity index (χ4n) is 3.05. The Kier molecular flexibility index (Phi) is 8.89. The van der Waals surface area contributed by atoms with Crippen molar-refractivity contribution in [3.05, 3.63) is 92.7 Å². The fourth-order valence-corrected chi connectivity index (χ4v) is 3.33. The zero-order chi connectivity index (χ0) is 26.1. The van der Waals surface area contributed by atoms with Crippen LogP contribution in [0.2, 0.25) is 5.02 Å². The van der Waals surface area contributed by atoms with E-state index in [1.165, 1.54) is 67.9 Å². The number of amides is 2. The van der Waals surface area contributed by atoms with Gasteiger partial charge in [-0.15, -0.1) is 0 Å². The minimum Gasteiger partial charge on any atom is -0.493 e. The first kappa shape index (κ1) is 26.1. The van der Waals surface area contributed by atoms with E-state index in [1.54, 1.807) is 6.07 Å². The van der Waals surface area contributed by atoms with Crippen LogP contribution in [0.3, 0.4) is 0 Å². The molecule has 2 amide bonds. The second-order valence-corrected chi connectivity index (χ2v) is 7.64. The van der Waals surface area contributed by atoms with E-state index in [9.17, 15) is 24.1 Å². The molecular weight excluding hydrogens is 495 g/mol. The van der Waals surface area contributed by atoms with Crippen LogP contribution in [-0.2, 0) is 16.0 Å². The molecule has 186 valence electrons. The van der Waals surface area contributed by atoms with E-state index in [2.05, 4.69) is 15.8 Å². The molecule has 0 aromatic heterocycles. The van der Waals surface area contributed by atoms with Crippen molar-refractivity contribution in [3.8, 4) is 11.5 Å². The summed E-state index contributed by atoms with van der Waals surface area (Å²) in [4.78, 5) is 34.8. The molecule has 12 heteroatoms. The number of methoxy groups -OCH3 is 1. The van der Waals surface area contributed by atoms with E-state index in [1.807, 2.05) is 0 Å². The van der Waals surface area contributed by atoms with Gasteiger partial charge in [0.1, 0.15) is 5.82 Å².